The zero-order valence-corrected chi connectivity index (χ0v) is 21.0. The second kappa shape index (κ2) is 10.8. The van der Waals surface area contributed by atoms with Gasteiger partial charge in [0.15, 0.2) is 5.69 Å². The predicted octanol–water partition coefficient (Wildman–Crippen LogP) is 4.76. The number of nitrogens with one attached hydrogen (secondary N) is 1. The van der Waals surface area contributed by atoms with Crippen LogP contribution in [0.3, 0.4) is 0 Å². The number of nitrogens with two attached hydrogens (primary N) is 1. The lowest BCUT2D eigenvalue weighted by molar-refractivity contribution is -0.183. The van der Waals surface area contributed by atoms with Gasteiger partial charge in [0.25, 0.3) is 5.91 Å². The van der Waals surface area contributed by atoms with Crippen molar-refractivity contribution < 1.29 is 32.2 Å². The lowest BCUT2D eigenvalue weighted by Gasteiger charge is -2.29. The molecular weight excluding hydrogens is 530 g/mol. The fraction of sp³-hybridized carbons (Fsp3) is 0.250. The highest BCUT2D eigenvalue weighted by molar-refractivity contribution is 6.03. The van der Waals surface area contributed by atoms with Gasteiger partial charge in [0.1, 0.15) is 11.5 Å². The Kier molecular flexibility index (Phi) is 7.41. The van der Waals surface area contributed by atoms with E-state index in [1.807, 2.05) is 0 Å². The van der Waals surface area contributed by atoms with E-state index in [1.54, 1.807) is 24.3 Å². The van der Waals surface area contributed by atoms with Crippen LogP contribution in [-0.4, -0.2) is 32.4 Å². The van der Waals surface area contributed by atoms with Crippen LogP contribution in [-0.2, 0) is 23.2 Å². The van der Waals surface area contributed by atoms with Gasteiger partial charge in [0.2, 0.25) is 5.79 Å². The number of benzene rings is 2. The van der Waals surface area contributed by atoms with Crippen LogP contribution < -0.4 is 11.1 Å². The number of halogens is 4. The molecule has 1 aliphatic carbocycles. The van der Waals surface area contributed by atoms with Crippen LogP contribution >= 0.6 is 0 Å². The Morgan fingerprint density at radius 2 is 1.90 bits per heavy atom. The molecule has 40 heavy (non-hydrogen) atoms. The minimum Gasteiger partial charge on any atom is -0.358 e. The molecule has 1 unspecified atom stereocenters. The number of aliphatic hydroxyl groups is 1. The number of ether oxygens (including phenoxy) is 1. The Labute approximate surface area is 226 Å². The minimum atomic E-state index is -4.84. The molecule has 0 aliphatic heterocycles. The van der Waals surface area contributed by atoms with E-state index in [0.717, 1.165) is 23.6 Å². The fourth-order valence-corrected chi connectivity index (χ4v) is 4.13. The quantitative estimate of drug-likeness (QED) is 0.203. The van der Waals surface area contributed by atoms with Gasteiger partial charge in [-0.1, -0.05) is 24.3 Å². The summed E-state index contributed by atoms with van der Waals surface area (Å²) >= 11 is 0. The van der Waals surface area contributed by atoms with Crippen molar-refractivity contribution in [2.24, 2.45) is 11.7 Å². The third-order valence-electron chi connectivity index (χ3n) is 6.51. The number of nitrogens with zero attached hydrogens (tertiary/aromatic N) is 3. The topological polar surface area (TPSA) is 115 Å². The third-order valence-corrected chi connectivity index (χ3v) is 6.51. The smallest absolute Gasteiger partial charge is 0.358 e. The van der Waals surface area contributed by atoms with Gasteiger partial charge in [0.05, 0.1) is 18.0 Å². The number of hydrogen-bond acceptors (Lipinski definition) is 6. The molecule has 5 rings (SSSR count). The molecule has 208 valence electrons. The summed E-state index contributed by atoms with van der Waals surface area (Å²) in [6.07, 6.45) is -0.00875. The van der Waals surface area contributed by atoms with Crippen molar-refractivity contribution >= 4 is 11.6 Å². The molecule has 1 fully saturated rings. The largest absolute Gasteiger partial charge is 0.435 e. The number of aromatic nitrogens is 3. The van der Waals surface area contributed by atoms with Crippen molar-refractivity contribution in [3.63, 3.8) is 0 Å². The first-order valence-corrected chi connectivity index (χ1v) is 12.4. The number of pyridine rings is 1. The summed E-state index contributed by atoms with van der Waals surface area (Å²) in [6, 6.07) is 13.5. The van der Waals surface area contributed by atoms with Gasteiger partial charge in [-0.2, -0.15) is 18.3 Å². The second-order valence-corrected chi connectivity index (χ2v) is 9.49. The summed E-state index contributed by atoms with van der Waals surface area (Å²) in [5.41, 5.74) is 4.64. The van der Waals surface area contributed by atoms with Gasteiger partial charge < -0.3 is 20.9 Å². The summed E-state index contributed by atoms with van der Waals surface area (Å²) in [5, 5.41) is 17.5. The highest BCUT2D eigenvalue weighted by Gasteiger charge is 2.38. The molecule has 0 bridgehead atoms. The predicted molar refractivity (Wildman–Crippen MR) is 137 cm³/mol. The van der Waals surface area contributed by atoms with Crippen LogP contribution in [0, 0.1) is 11.7 Å². The van der Waals surface area contributed by atoms with Crippen LogP contribution in [0.2, 0.25) is 0 Å². The Bertz CT molecular complexity index is 1520. The molecule has 2 aromatic heterocycles. The fourth-order valence-electron chi connectivity index (χ4n) is 4.13. The van der Waals surface area contributed by atoms with Crippen molar-refractivity contribution in [3.8, 4) is 5.69 Å². The van der Waals surface area contributed by atoms with Gasteiger partial charge in [-0.15, -0.1) is 0 Å². The SMILES string of the molecule is NCc1cccc(-n2nc(C(F)(F)F)cc2C(=O)Nc2cc(C(O)(OCC3CC3)c3cccnc3)ccc2F)c1. The van der Waals surface area contributed by atoms with E-state index in [1.165, 1.54) is 36.7 Å². The molecular formula is C28H25F4N5O3. The highest BCUT2D eigenvalue weighted by atomic mass is 19.4. The molecule has 8 nitrogen and oxygen atoms in total. The van der Waals surface area contributed by atoms with Crippen molar-refractivity contribution in [1.29, 1.82) is 0 Å². The van der Waals surface area contributed by atoms with Crippen molar-refractivity contribution in [2.45, 2.75) is 31.3 Å². The maximum Gasteiger partial charge on any atom is 0.435 e. The van der Waals surface area contributed by atoms with Gasteiger partial charge in [-0.25, -0.2) is 9.07 Å². The van der Waals surface area contributed by atoms with Crippen LogP contribution in [0.5, 0.6) is 0 Å². The van der Waals surface area contributed by atoms with Crippen molar-refractivity contribution in [2.75, 3.05) is 11.9 Å². The van der Waals surface area contributed by atoms with Gasteiger partial charge in [-0.05, 0) is 54.7 Å². The maximum atomic E-state index is 14.9. The van der Waals surface area contributed by atoms with E-state index in [-0.39, 0.29) is 41.6 Å². The molecule has 1 amide bonds. The zero-order chi connectivity index (χ0) is 28.5. The van der Waals surface area contributed by atoms with E-state index >= 15 is 0 Å². The third kappa shape index (κ3) is 5.74. The highest BCUT2D eigenvalue weighted by Crippen LogP contribution is 2.37. The molecule has 0 spiro atoms. The first kappa shape index (κ1) is 27.4. The number of anilines is 1. The number of rotatable bonds is 9. The first-order chi connectivity index (χ1) is 19.1. The van der Waals surface area contributed by atoms with E-state index < -0.39 is 35.1 Å². The number of amides is 1. The molecule has 2 aromatic carbocycles. The summed E-state index contributed by atoms with van der Waals surface area (Å²) in [7, 11) is 0. The summed E-state index contributed by atoms with van der Waals surface area (Å²) in [4.78, 5) is 17.3. The zero-order valence-electron chi connectivity index (χ0n) is 21.0. The molecule has 0 saturated heterocycles. The molecule has 1 saturated carbocycles. The van der Waals surface area contributed by atoms with E-state index in [0.29, 0.717) is 11.6 Å². The second-order valence-electron chi connectivity index (χ2n) is 9.49. The maximum absolute atomic E-state index is 14.9. The molecule has 4 aromatic rings. The average molecular weight is 556 g/mol. The Morgan fingerprint density at radius 1 is 1.10 bits per heavy atom. The standard InChI is InChI=1S/C28H25F4N5O3/c29-22-9-8-19(27(39,40-16-17-6-7-17)20-4-2-10-34-15-20)12-23(22)35-26(38)24-13-25(28(30,31)32)36-37(24)21-5-1-3-18(11-21)14-33/h1-5,8-13,15,17,39H,6-7,14,16,33H2,(H,35,38). The Morgan fingerprint density at radius 3 is 2.58 bits per heavy atom. The van der Waals surface area contributed by atoms with Gasteiger partial charge in [-0.3, -0.25) is 9.78 Å². The lowest BCUT2D eigenvalue weighted by atomic mass is 9.98. The minimum absolute atomic E-state index is 0.0954. The summed E-state index contributed by atoms with van der Waals surface area (Å²) in [5.74, 6) is -3.66. The van der Waals surface area contributed by atoms with Crippen LogP contribution in [0.15, 0.2) is 73.1 Å². The van der Waals surface area contributed by atoms with Gasteiger partial charge in [0, 0.05) is 36.1 Å². The first-order valence-electron chi connectivity index (χ1n) is 12.4. The molecule has 0 radical (unpaired) electrons. The molecule has 1 atom stereocenters. The van der Waals surface area contributed by atoms with Crippen LogP contribution in [0.1, 0.15) is 45.7 Å². The number of alkyl halides is 3. The number of carbonyl (C=O) groups is 1. The Balaban J connectivity index is 1.51. The Hall–Kier alpha value is -4.13. The number of hydrogen-bond donors (Lipinski definition) is 3. The van der Waals surface area contributed by atoms with Crippen molar-refractivity contribution in [3.05, 3.63) is 107 Å². The summed E-state index contributed by atoms with van der Waals surface area (Å²) < 4.78 is 62.2. The van der Waals surface area contributed by atoms with Crippen LogP contribution in [0.4, 0.5) is 23.2 Å². The van der Waals surface area contributed by atoms with E-state index in [4.69, 9.17) is 10.5 Å². The van der Waals surface area contributed by atoms with Crippen molar-refractivity contribution in [1.82, 2.24) is 14.8 Å². The average Bonchev–Trinajstić information content (AvgIpc) is 3.67. The summed E-state index contributed by atoms with van der Waals surface area (Å²) in [6.45, 7) is 0.356. The van der Waals surface area contributed by atoms with E-state index in [2.05, 4.69) is 15.4 Å². The molecule has 2 heterocycles. The van der Waals surface area contributed by atoms with E-state index in [9.17, 15) is 27.5 Å². The molecule has 4 N–H and O–H groups in total. The lowest BCUT2D eigenvalue weighted by Crippen LogP contribution is -2.32. The number of carbonyl (C=O) groups excluding carboxylic acids is 1. The van der Waals surface area contributed by atoms with Crippen LogP contribution in [0.25, 0.3) is 5.69 Å². The van der Waals surface area contributed by atoms with Gasteiger partial charge >= 0.3 is 6.18 Å². The molecule has 1 aliphatic rings. The normalized spacial score (nSPS) is 15.1. The molecule has 12 heteroatoms. The monoisotopic (exact) mass is 555 g/mol.